The van der Waals surface area contributed by atoms with E-state index in [1.165, 1.54) is 0 Å². The van der Waals surface area contributed by atoms with E-state index in [-0.39, 0.29) is 17.6 Å². The molecule has 1 atom stereocenters. The van der Waals surface area contributed by atoms with Crippen LogP contribution in [0.5, 0.6) is 0 Å². The number of ether oxygens (including phenoxy) is 2. The van der Waals surface area contributed by atoms with Gasteiger partial charge < -0.3 is 14.4 Å². The molecule has 0 aromatic carbocycles. The Morgan fingerprint density at radius 2 is 1.89 bits per heavy atom. The molecule has 4 nitrogen and oxygen atoms in total. The summed E-state index contributed by atoms with van der Waals surface area (Å²) in [5, 5.41) is 0. The molecule has 0 aromatic heterocycles. The van der Waals surface area contributed by atoms with Crippen molar-refractivity contribution in [3.8, 4) is 0 Å². The van der Waals surface area contributed by atoms with Crippen molar-refractivity contribution in [1.82, 2.24) is 4.90 Å². The molecule has 0 aliphatic carbocycles. The predicted octanol–water partition coefficient (Wildman–Crippen LogP) is 3.06. The first-order valence-corrected chi connectivity index (χ1v) is 6.66. The van der Waals surface area contributed by atoms with Crippen LogP contribution in [0.25, 0.3) is 0 Å². The molecule has 0 aromatic rings. The Kier molecular flexibility index (Phi) is 4.65. The largest absolute Gasteiger partial charge is 0.444 e. The molecule has 1 amide bonds. The number of morpholine rings is 1. The lowest BCUT2D eigenvalue weighted by Gasteiger charge is -2.36. The highest BCUT2D eigenvalue weighted by Gasteiger charge is 2.30. The van der Waals surface area contributed by atoms with Gasteiger partial charge in [-0.25, -0.2) is 4.79 Å². The van der Waals surface area contributed by atoms with Crippen molar-refractivity contribution < 1.29 is 14.3 Å². The van der Waals surface area contributed by atoms with E-state index in [1.54, 1.807) is 4.90 Å². The first kappa shape index (κ1) is 15.3. The van der Waals surface area contributed by atoms with E-state index in [1.807, 2.05) is 20.8 Å². The Bertz CT molecular complexity index is 288. The number of carbonyl (C=O) groups is 1. The Labute approximate surface area is 111 Å². The van der Waals surface area contributed by atoms with Gasteiger partial charge in [0.05, 0.1) is 19.3 Å². The maximum atomic E-state index is 12.0. The summed E-state index contributed by atoms with van der Waals surface area (Å²) in [6.07, 6.45) is 0.836. The molecule has 1 aliphatic heterocycles. The van der Waals surface area contributed by atoms with Gasteiger partial charge in [-0.05, 0) is 32.6 Å². The van der Waals surface area contributed by atoms with Crippen molar-refractivity contribution in [3.63, 3.8) is 0 Å². The number of hydrogen-bond donors (Lipinski definition) is 0. The summed E-state index contributed by atoms with van der Waals surface area (Å²) in [6, 6.07) is 0. The molecule has 0 unspecified atom stereocenters. The number of nitrogens with zero attached hydrogens (tertiary/aromatic N) is 1. The summed E-state index contributed by atoms with van der Waals surface area (Å²) in [7, 11) is 0. The standard InChI is InChI=1S/C14H27NO3/c1-13(2,3)9-11-10-15(7-8-17-11)12(16)18-14(4,5)6/h11H,7-10H2,1-6H3/t11-/m0/s1. The fourth-order valence-corrected chi connectivity index (χ4v) is 2.02. The van der Waals surface area contributed by atoms with Crippen LogP contribution in [0.15, 0.2) is 0 Å². The van der Waals surface area contributed by atoms with E-state index in [9.17, 15) is 4.79 Å². The zero-order valence-corrected chi connectivity index (χ0v) is 12.6. The molecule has 106 valence electrons. The molecule has 1 fully saturated rings. The lowest BCUT2D eigenvalue weighted by molar-refractivity contribution is -0.0541. The normalized spacial score (nSPS) is 21.9. The second-order valence-electron chi connectivity index (χ2n) is 7.18. The van der Waals surface area contributed by atoms with Gasteiger partial charge in [-0.1, -0.05) is 20.8 Å². The highest BCUT2D eigenvalue weighted by molar-refractivity contribution is 5.68. The summed E-state index contributed by atoms with van der Waals surface area (Å²) in [5.41, 5.74) is -0.226. The van der Waals surface area contributed by atoms with Crippen LogP contribution in [0.1, 0.15) is 48.0 Å². The first-order chi connectivity index (χ1) is 8.07. The van der Waals surface area contributed by atoms with Crippen LogP contribution in [-0.4, -0.2) is 42.4 Å². The van der Waals surface area contributed by atoms with Gasteiger partial charge in [-0.15, -0.1) is 0 Å². The van der Waals surface area contributed by atoms with Crippen molar-refractivity contribution in [1.29, 1.82) is 0 Å². The van der Waals surface area contributed by atoms with Gasteiger partial charge in [0.2, 0.25) is 0 Å². The maximum absolute atomic E-state index is 12.0. The lowest BCUT2D eigenvalue weighted by atomic mass is 9.89. The highest BCUT2D eigenvalue weighted by Crippen LogP contribution is 2.24. The van der Waals surface area contributed by atoms with Crippen molar-refractivity contribution >= 4 is 6.09 Å². The van der Waals surface area contributed by atoms with E-state index in [0.29, 0.717) is 19.7 Å². The molecule has 4 heteroatoms. The predicted molar refractivity (Wildman–Crippen MR) is 71.6 cm³/mol. The molecule has 18 heavy (non-hydrogen) atoms. The zero-order valence-electron chi connectivity index (χ0n) is 12.6. The molecular weight excluding hydrogens is 230 g/mol. The zero-order chi connectivity index (χ0) is 14.0. The third kappa shape index (κ3) is 5.71. The van der Waals surface area contributed by atoms with Gasteiger partial charge in [-0.2, -0.15) is 0 Å². The summed E-state index contributed by atoms with van der Waals surface area (Å²) in [5.74, 6) is 0. The molecule has 1 aliphatic rings. The topological polar surface area (TPSA) is 38.8 Å². The van der Waals surface area contributed by atoms with E-state index in [2.05, 4.69) is 20.8 Å². The maximum Gasteiger partial charge on any atom is 0.410 e. The minimum Gasteiger partial charge on any atom is -0.444 e. The molecule has 0 bridgehead atoms. The third-order valence-electron chi connectivity index (χ3n) is 2.63. The Balaban J connectivity index is 2.51. The summed E-state index contributed by atoms with van der Waals surface area (Å²) in [6.45, 7) is 14.1. The van der Waals surface area contributed by atoms with Gasteiger partial charge >= 0.3 is 6.09 Å². The van der Waals surface area contributed by atoms with Crippen LogP contribution in [0.4, 0.5) is 4.79 Å². The summed E-state index contributed by atoms with van der Waals surface area (Å²) >= 11 is 0. The van der Waals surface area contributed by atoms with Crippen LogP contribution in [0, 0.1) is 5.41 Å². The fraction of sp³-hybridized carbons (Fsp3) is 0.929. The number of amides is 1. The smallest absolute Gasteiger partial charge is 0.410 e. The van der Waals surface area contributed by atoms with Crippen LogP contribution in [0.3, 0.4) is 0 Å². The second kappa shape index (κ2) is 5.47. The van der Waals surface area contributed by atoms with Gasteiger partial charge in [-0.3, -0.25) is 0 Å². The fourth-order valence-electron chi connectivity index (χ4n) is 2.02. The van der Waals surface area contributed by atoms with Gasteiger partial charge in [0.1, 0.15) is 5.60 Å². The third-order valence-corrected chi connectivity index (χ3v) is 2.63. The van der Waals surface area contributed by atoms with Crippen molar-refractivity contribution in [2.45, 2.75) is 59.7 Å². The molecule has 1 heterocycles. The van der Waals surface area contributed by atoms with Crippen molar-refractivity contribution in [3.05, 3.63) is 0 Å². The number of carbonyl (C=O) groups excluding carboxylic acids is 1. The van der Waals surface area contributed by atoms with Crippen LogP contribution in [0.2, 0.25) is 0 Å². The minimum absolute atomic E-state index is 0.117. The minimum atomic E-state index is -0.436. The monoisotopic (exact) mass is 257 g/mol. The molecule has 0 saturated carbocycles. The Hall–Kier alpha value is -0.770. The van der Waals surface area contributed by atoms with Crippen LogP contribution >= 0.6 is 0 Å². The van der Waals surface area contributed by atoms with E-state index >= 15 is 0 Å². The molecule has 1 saturated heterocycles. The van der Waals surface area contributed by atoms with Gasteiger partial charge in [0.15, 0.2) is 0 Å². The molecule has 0 N–H and O–H groups in total. The lowest BCUT2D eigenvalue weighted by Crippen LogP contribution is -2.48. The number of rotatable bonds is 1. The van der Waals surface area contributed by atoms with Gasteiger partial charge in [0, 0.05) is 6.54 Å². The first-order valence-electron chi connectivity index (χ1n) is 6.66. The summed E-state index contributed by atoms with van der Waals surface area (Å²) in [4.78, 5) is 13.7. The van der Waals surface area contributed by atoms with Gasteiger partial charge in [0.25, 0.3) is 0 Å². The molecular formula is C14H27NO3. The quantitative estimate of drug-likeness (QED) is 0.724. The van der Waals surface area contributed by atoms with Crippen LogP contribution < -0.4 is 0 Å². The SMILES string of the molecule is CC(C)(C)C[C@H]1CN(C(=O)OC(C)(C)C)CCO1. The Morgan fingerprint density at radius 1 is 1.28 bits per heavy atom. The molecule has 1 rings (SSSR count). The molecule has 0 spiro atoms. The molecule has 0 radical (unpaired) electrons. The Morgan fingerprint density at radius 3 is 2.39 bits per heavy atom. The van der Waals surface area contributed by atoms with Crippen molar-refractivity contribution in [2.24, 2.45) is 5.41 Å². The second-order valence-corrected chi connectivity index (χ2v) is 7.18. The number of hydrogen-bond acceptors (Lipinski definition) is 3. The average molecular weight is 257 g/mol. The van der Waals surface area contributed by atoms with E-state index < -0.39 is 5.60 Å². The van der Waals surface area contributed by atoms with Crippen LogP contribution in [-0.2, 0) is 9.47 Å². The van der Waals surface area contributed by atoms with E-state index in [0.717, 1.165) is 6.42 Å². The average Bonchev–Trinajstić information content (AvgIpc) is 2.12. The van der Waals surface area contributed by atoms with Crippen molar-refractivity contribution in [2.75, 3.05) is 19.7 Å². The van der Waals surface area contributed by atoms with E-state index in [4.69, 9.17) is 9.47 Å². The summed E-state index contributed by atoms with van der Waals surface area (Å²) < 4.78 is 11.1. The highest BCUT2D eigenvalue weighted by atomic mass is 16.6.